The number of amides is 2. The van der Waals surface area contributed by atoms with Gasteiger partial charge in [0.25, 0.3) is 5.91 Å². The molecule has 1 aliphatic heterocycles. The maximum absolute atomic E-state index is 12.8. The molecular weight excluding hydrogens is 314 g/mol. The summed E-state index contributed by atoms with van der Waals surface area (Å²) in [5.41, 5.74) is 4.44. The fraction of sp³-hybridized carbons (Fsp3) is 0.200. The lowest BCUT2D eigenvalue weighted by atomic mass is 10.1. The normalized spacial score (nSPS) is 17.5. The Kier molecular flexibility index (Phi) is 3.57. The fourth-order valence-electron chi connectivity index (χ4n) is 3.30. The van der Waals surface area contributed by atoms with E-state index in [1.807, 2.05) is 62.5 Å². The number of aromatic amines is 1. The Hall–Kier alpha value is -3.08. The van der Waals surface area contributed by atoms with Crippen LogP contribution < -0.4 is 10.2 Å². The van der Waals surface area contributed by atoms with Crippen LogP contribution in [0.25, 0.3) is 10.9 Å². The molecule has 4 rings (SSSR count). The third-order valence-electron chi connectivity index (χ3n) is 4.65. The number of hydrogen-bond acceptors (Lipinski definition) is 3. The maximum atomic E-state index is 12.8. The second-order valence-corrected chi connectivity index (χ2v) is 6.54. The van der Waals surface area contributed by atoms with Gasteiger partial charge in [-0.3, -0.25) is 9.59 Å². The predicted molar refractivity (Wildman–Crippen MR) is 98.7 cm³/mol. The van der Waals surface area contributed by atoms with Crippen LogP contribution in [0.5, 0.6) is 0 Å². The lowest BCUT2D eigenvalue weighted by molar-refractivity contribution is -0.121. The number of fused-ring (bicyclic) bond motifs is 1. The van der Waals surface area contributed by atoms with Crippen molar-refractivity contribution in [2.45, 2.75) is 26.3 Å². The van der Waals surface area contributed by atoms with Gasteiger partial charge in [-0.25, -0.2) is 4.90 Å². The molecule has 2 N–H and O–H groups in total. The van der Waals surface area contributed by atoms with Gasteiger partial charge in [-0.05, 0) is 54.6 Å². The van der Waals surface area contributed by atoms with Crippen molar-refractivity contribution >= 4 is 34.1 Å². The van der Waals surface area contributed by atoms with Crippen LogP contribution in [0.1, 0.15) is 17.5 Å². The number of aromatic nitrogens is 1. The van der Waals surface area contributed by atoms with Gasteiger partial charge >= 0.3 is 0 Å². The first kappa shape index (κ1) is 15.4. The van der Waals surface area contributed by atoms with E-state index in [0.29, 0.717) is 5.69 Å². The van der Waals surface area contributed by atoms with Gasteiger partial charge in [-0.2, -0.15) is 0 Å². The highest BCUT2D eigenvalue weighted by Gasteiger charge is 2.40. The first-order chi connectivity index (χ1) is 12.0. The summed E-state index contributed by atoms with van der Waals surface area (Å²) >= 11 is 0. The number of hydrogen-bond donors (Lipinski definition) is 2. The number of benzene rings is 2. The summed E-state index contributed by atoms with van der Waals surface area (Å²) in [7, 11) is 0. The monoisotopic (exact) mass is 333 g/mol. The summed E-state index contributed by atoms with van der Waals surface area (Å²) in [4.78, 5) is 29.8. The number of rotatable bonds is 3. The zero-order valence-corrected chi connectivity index (χ0v) is 14.2. The van der Waals surface area contributed by atoms with E-state index in [0.717, 1.165) is 27.7 Å². The molecule has 1 saturated heterocycles. The van der Waals surface area contributed by atoms with Crippen molar-refractivity contribution in [1.82, 2.24) is 4.98 Å². The average molecular weight is 333 g/mol. The molecule has 0 spiro atoms. The van der Waals surface area contributed by atoms with Crippen LogP contribution >= 0.6 is 0 Å². The number of carbonyl (C=O) groups excluding carboxylic acids is 2. The van der Waals surface area contributed by atoms with Crippen LogP contribution in [0.4, 0.5) is 11.4 Å². The number of anilines is 2. The Bertz CT molecular complexity index is 990. The van der Waals surface area contributed by atoms with E-state index in [1.165, 1.54) is 4.90 Å². The van der Waals surface area contributed by atoms with Gasteiger partial charge in [0.1, 0.15) is 6.04 Å². The Morgan fingerprint density at radius 2 is 1.92 bits per heavy atom. The number of H-pyrrole nitrogens is 1. The fourth-order valence-corrected chi connectivity index (χ4v) is 3.30. The number of nitrogens with one attached hydrogen (secondary N) is 2. The highest BCUT2D eigenvalue weighted by Crippen LogP contribution is 2.29. The van der Waals surface area contributed by atoms with Gasteiger partial charge in [-0.15, -0.1) is 0 Å². The van der Waals surface area contributed by atoms with Gasteiger partial charge in [0, 0.05) is 17.4 Å². The minimum atomic E-state index is -0.542. The average Bonchev–Trinajstić information content (AvgIpc) is 3.15. The Balaban J connectivity index is 1.61. The molecule has 1 aromatic heterocycles. The van der Waals surface area contributed by atoms with E-state index >= 15 is 0 Å². The van der Waals surface area contributed by atoms with E-state index in [1.54, 1.807) is 0 Å². The molecule has 1 unspecified atom stereocenters. The first-order valence-electron chi connectivity index (χ1n) is 8.30. The smallest absolute Gasteiger partial charge is 0.256 e. The van der Waals surface area contributed by atoms with Crippen LogP contribution in [0.3, 0.4) is 0 Å². The van der Waals surface area contributed by atoms with Gasteiger partial charge in [0.2, 0.25) is 5.91 Å². The number of carbonyl (C=O) groups is 2. The summed E-state index contributed by atoms with van der Waals surface area (Å²) in [5, 5.41) is 4.31. The number of aryl methyl sites for hydroxylation is 2. The molecular formula is C20H19N3O2. The summed E-state index contributed by atoms with van der Waals surface area (Å²) in [6.07, 6.45) is 2.04. The van der Waals surface area contributed by atoms with E-state index in [4.69, 9.17) is 0 Å². The highest BCUT2D eigenvalue weighted by molar-refractivity contribution is 6.23. The molecule has 0 aliphatic carbocycles. The zero-order valence-electron chi connectivity index (χ0n) is 14.2. The van der Waals surface area contributed by atoms with Crippen molar-refractivity contribution in [3.05, 3.63) is 59.8 Å². The lowest BCUT2D eigenvalue weighted by Gasteiger charge is -2.18. The third-order valence-corrected chi connectivity index (χ3v) is 4.65. The summed E-state index contributed by atoms with van der Waals surface area (Å²) < 4.78 is 0. The Labute approximate surface area is 145 Å². The van der Waals surface area contributed by atoms with Crippen LogP contribution in [-0.4, -0.2) is 22.8 Å². The molecule has 3 aromatic rings. The molecule has 2 heterocycles. The molecule has 0 bridgehead atoms. The Morgan fingerprint density at radius 3 is 2.76 bits per heavy atom. The molecule has 0 saturated carbocycles. The van der Waals surface area contributed by atoms with Crippen molar-refractivity contribution in [1.29, 1.82) is 0 Å². The first-order valence-corrected chi connectivity index (χ1v) is 8.30. The maximum Gasteiger partial charge on any atom is 0.256 e. The molecule has 1 fully saturated rings. The van der Waals surface area contributed by atoms with E-state index in [-0.39, 0.29) is 18.2 Å². The van der Waals surface area contributed by atoms with Crippen molar-refractivity contribution < 1.29 is 9.59 Å². The SMILES string of the molecule is Cc1ccc(C)c(N2C(=O)CC(Nc3ccc4cc[nH]c4c3)C2=O)c1. The summed E-state index contributed by atoms with van der Waals surface area (Å²) in [5.74, 6) is -0.373. The molecule has 2 aromatic carbocycles. The van der Waals surface area contributed by atoms with Gasteiger partial charge in [-0.1, -0.05) is 18.2 Å². The highest BCUT2D eigenvalue weighted by atomic mass is 16.2. The summed E-state index contributed by atoms with van der Waals surface area (Å²) in [6, 6.07) is 13.1. The minimum absolute atomic E-state index is 0.162. The van der Waals surface area contributed by atoms with E-state index in [9.17, 15) is 9.59 Å². The largest absolute Gasteiger partial charge is 0.373 e. The third kappa shape index (κ3) is 2.67. The van der Waals surface area contributed by atoms with Crippen molar-refractivity contribution in [2.24, 2.45) is 0 Å². The van der Waals surface area contributed by atoms with Crippen LogP contribution in [0, 0.1) is 13.8 Å². The molecule has 1 atom stereocenters. The molecule has 1 aliphatic rings. The molecule has 0 radical (unpaired) electrons. The van der Waals surface area contributed by atoms with Crippen molar-refractivity contribution in [3.63, 3.8) is 0 Å². The van der Waals surface area contributed by atoms with Crippen LogP contribution in [-0.2, 0) is 9.59 Å². The second-order valence-electron chi connectivity index (χ2n) is 6.54. The molecule has 126 valence electrons. The Morgan fingerprint density at radius 1 is 1.08 bits per heavy atom. The topological polar surface area (TPSA) is 65.2 Å². The molecule has 2 amide bonds. The summed E-state index contributed by atoms with van der Waals surface area (Å²) in [6.45, 7) is 3.87. The van der Waals surface area contributed by atoms with E-state index < -0.39 is 6.04 Å². The standard InChI is InChI=1S/C20H19N3O2/c1-12-3-4-13(2)18(9-12)23-19(24)11-17(20(23)25)22-15-6-5-14-7-8-21-16(14)10-15/h3-10,17,21-22H,11H2,1-2H3. The number of nitrogens with zero attached hydrogens (tertiary/aromatic N) is 1. The molecule has 5 heteroatoms. The van der Waals surface area contributed by atoms with Crippen molar-refractivity contribution in [3.8, 4) is 0 Å². The zero-order chi connectivity index (χ0) is 17.6. The quantitative estimate of drug-likeness (QED) is 0.721. The van der Waals surface area contributed by atoms with E-state index in [2.05, 4.69) is 10.3 Å². The molecule has 25 heavy (non-hydrogen) atoms. The van der Waals surface area contributed by atoms with Crippen LogP contribution in [0.15, 0.2) is 48.7 Å². The number of imide groups is 1. The van der Waals surface area contributed by atoms with Gasteiger partial charge in [0.15, 0.2) is 0 Å². The lowest BCUT2D eigenvalue weighted by Crippen LogP contribution is -2.35. The molecule has 5 nitrogen and oxygen atoms in total. The second kappa shape index (κ2) is 5.77. The van der Waals surface area contributed by atoms with Crippen molar-refractivity contribution in [2.75, 3.05) is 10.2 Å². The van der Waals surface area contributed by atoms with Gasteiger partial charge in [0.05, 0.1) is 12.1 Å². The minimum Gasteiger partial charge on any atom is -0.373 e. The van der Waals surface area contributed by atoms with Gasteiger partial charge < -0.3 is 10.3 Å². The predicted octanol–water partition coefficient (Wildman–Crippen LogP) is 3.53. The van der Waals surface area contributed by atoms with Crippen LogP contribution in [0.2, 0.25) is 0 Å².